The van der Waals surface area contributed by atoms with Gasteiger partial charge in [-0.05, 0) is 13.8 Å². The van der Waals surface area contributed by atoms with Crippen molar-refractivity contribution in [2.24, 2.45) is 10.8 Å². The van der Waals surface area contributed by atoms with Crippen LogP contribution in [-0.2, 0) is 19.2 Å². The maximum atomic E-state index is 12.3. The van der Waals surface area contributed by atoms with Crippen LogP contribution in [-0.4, -0.2) is 60.3 Å². The van der Waals surface area contributed by atoms with E-state index >= 15 is 0 Å². The Balaban J connectivity index is 5.11. The number of carbonyl (C=O) groups is 4. The van der Waals surface area contributed by atoms with E-state index in [-0.39, 0.29) is 35.1 Å². The van der Waals surface area contributed by atoms with Gasteiger partial charge in [0.05, 0.1) is 0 Å². The summed E-state index contributed by atoms with van der Waals surface area (Å²) in [5.74, 6) is -0.424. The molecule has 0 fully saturated rings. The van der Waals surface area contributed by atoms with Crippen LogP contribution in [0.3, 0.4) is 0 Å². The quantitative estimate of drug-likeness (QED) is 0.413. The van der Waals surface area contributed by atoms with Gasteiger partial charge in [-0.25, -0.2) is 0 Å². The molecule has 0 radical (unpaired) electrons. The number of nitrogens with one attached hydrogen (secondary N) is 4. The second-order valence-electron chi connectivity index (χ2n) is 8.88. The Kier molecular flexibility index (Phi) is 11.3. The van der Waals surface area contributed by atoms with Crippen LogP contribution in [0.25, 0.3) is 0 Å². The zero-order valence-corrected chi connectivity index (χ0v) is 19.8. The molecule has 0 aromatic heterocycles. The average Bonchev–Trinajstić information content (AvgIpc) is 2.58. The second-order valence-corrected chi connectivity index (χ2v) is 9.95. The molecule has 29 heavy (non-hydrogen) atoms. The summed E-state index contributed by atoms with van der Waals surface area (Å²) in [7, 11) is 0. The molecule has 4 N–H and O–H groups in total. The van der Waals surface area contributed by atoms with Crippen LogP contribution in [0.15, 0.2) is 0 Å². The molecule has 0 aliphatic rings. The Morgan fingerprint density at radius 2 is 1.00 bits per heavy atom. The van der Waals surface area contributed by atoms with Gasteiger partial charge in [0.15, 0.2) is 0 Å². The van der Waals surface area contributed by atoms with E-state index in [1.807, 2.05) is 0 Å². The highest BCUT2D eigenvalue weighted by atomic mass is 32.2. The Hall–Kier alpha value is -1.77. The van der Waals surface area contributed by atoms with Gasteiger partial charge in [0.1, 0.15) is 12.1 Å². The van der Waals surface area contributed by atoms with Crippen molar-refractivity contribution in [3.8, 4) is 0 Å². The number of thioether (sulfide) groups is 1. The van der Waals surface area contributed by atoms with Gasteiger partial charge in [0, 0.05) is 35.4 Å². The van der Waals surface area contributed by atoms with E-state index in [0.717, 1.165) is 0 Å². The smallest absolute Gasteiger partial charge is 0.243 e. The molecule has 0 rings (SSSR count). The Labute approximate surface area is 179 Å². The molecule has 2 atom stereocenters. The van der Waals surface area contributed by atoms with Crippen molar-refractivity contribution < 1.29 is 19.2 Å². The topological polar surface area (TPSA) is 116 Å². The molecular formula is C20H38N4O4S. The minimum absolute atomic E-state index is 0.226. The van der Waals surface area contributed by atoms with Crippen LogP contribution in [0, 0.1) is 10.8 Å². The van der Waals surface area contributed by atoms with Crippen LogP contribution in [0.5, 0.6) is 0 Å². The van der Waals surface area contributed by atoms with Crippen molar-refractivity contribution in [1.82, 2.24) is 21.3 Å². The maximum absolute atomic E-state index is 12.3. The van der Waals surface area contributed by atoms with E-state index in [4.69, 9.17) is 0 Å². The average molecular weight is 431 g/mol. The molecule has 2 unspecified atom stereocenters. The van der Waals surface area contributed by atoms with Gasteiger partial charge in [-0.15, -0.1) is 0 Å². The zero-order chi connectivity index (χ0) is 22.8. The summed E-state index contributed by atoms with van der Waals surface area (Å²) in [6.45, 7) is 15.2. The van der Waals surface area contributed by atoms with E-state index < -0.39 is 22.9 Å². The first-order chi connectivity index (χ1) is 13.2. The molecule has 0 heterocycles. The van der Waals surface area contributed by atoms with Gasteiger partial charge in [-0.2, -0.15) is 11.8 Å². The van der Waals surface area contributed by atoms with Crippen molar-refractivity contribution in [3.05, 3.63) is 0 Å². The van der Waals surface area contributed by atoms with Crippen LogP contribution >= 0.6 is 11.8 Å². The van der Waals surface area contributed by atoms with Crippen molar-refractivity contribution in [1.29, 1.82) is 0 Å². The van der Waals surface area contributed by atoms with E-state index in [1.54, 1.807) is 55.4 Å². The molecule has 168 valence electrons. The first-order valence-corrected chi connectivity index (χ1v) is 11.1. The van der Waals surface area contributed by atoms with E-state index in [2.05, 4.69) is 21.3 Å². The molecule has 0 bridgehead atoms. The predicted molar refractivity (Wildman–Crippen MR) is 117 cm³/mol. The zero-order valence-electron chi connectivity index (χ0n) is 19.0. The Morgan fingerprint density at radius 3 is 1.24 bits per heavy atom. The molecule has 0 saturated carbocycles. The molecule has 9 heteroatoms. The summed E-state index contributed by atoms with van der Waals surface area (Å²) in [4.78, 5) is 49.3. The molecule has 0 saturated heterocycles. The predicted octanol–water partition coefficient (Wildman–Crippen LogP) is 1.05. The molecule has 0 aliphatic carbocycles. The highest BCUT2D eigenvalue weighted by molar-refractivity contribution is 7.99. The fraction of sp³-hybridized carbons (Fsp3) is 0.800. The number of likely N-dealkylation sites (N-methyl/N-ethyl adjacent to an activating group) is 2. The van der Waals surface area contributed by atoms with Crippen molar-refractivity contribution in [2.75, 3.05) is 24.6 Å². The fourth-order valence-corrected chi connectivity index (χ4v) is 3.09. The Bertz CT molecular complexity index is 532. The molecule has 8 nitrogen and oxygen atoms in total. The molecule has 0 aromatic rings. The third-order valence-electron chi connectivity index (χ3n) is 3.88. The first kappa shape index (κ1) is 27.2. The highest BCUT2D eigenvalue weighted by Crippen LogP contribution is 2.16. The number of rotatable bonds is 10. The Morgan fingerprint density at radius 1 is 0.690 bits per heavy atom. The number of carbonyl (C=O) groups excluding carboxylic acids is 4. The number of amides is 4. The van der Waals surface area contributed by atoms with E-state index in [1.165, 1.54) is 11.8 Å². The van der Waals surface area contributed by atoms with Gasteiger partial charge in [0.2, 0.25) is 23.6 Å². The molecule has 4 amide bonds. The first-order valence-electron chi connectivity index (χ1n) is 9.99. The number of hydrogen-bond acceptors (Lipinski definition) is 5. The largest absolute Gasteiger partial charge is 0.355 e. The highest BCUT2D eigenvalue weighted by Gasteiger charge is 2.30. The SMILES string of the molecule is CCNC(=O)C(CSCC(NC(=O)C(C)(C)C)C(=O)NCC)NC(=O)C(C)(C)C. The summed E-state index contributed by atoms with van der Waals surface area (Å²) in [5, 5.41) is 11.0. The van der Waals surface area contributed by atoms with Crippen LogP contribution in [0.4, 0.5) is 0 Å². The third kappa shape index (κ3) is 10.5. The molecule has 0 spiro atoms. The minimum atomic E-state index is -0.722. The van der Waals surface area contributed by atoms with Crippen molar-refractivity contribution >= 4 is 35.4 Å². The van der Waals surface area contributed by atoms with E-state index in [9.17, 15) is 19.2 Å². The summed E-state index contributed by atoms with van der Waals surface area (Å²) < 4.78 is 0. The van der Waals surface area contributed by atoms with Gasteiger partial charge in [-0.1, -0.05) is 41.5 Å². The van der Waals surface area contributed by atoms with Gasteiger partial charge in [0.25, 0.3) is 0 Å². The summed E-state index contributed by atoms with van der Waals surface area (Å²) in [6, 6.07) is -1.44. The fourth-order valence-electron chi connectivity index (χ4n) is 2.01. The van der Waals surface area contributed by atoms with Gasteiger partial charge in [-0.3, -0.25) is 19.2 Å². The lowest BCUT2D eigenvalue weighted by molar-refractivity contribution is -0.133. The van der Waals surface area contributed by atoms with Crippen LogP contribution in [0.2, 0.25) is 0 Å². The van der Waals surface area contributed by atoms with Gasteiger partial charge < -0.3 is 21.3 Å². The summed E-state index contributed by atoms with van der Waals surface area (Å²) >= 11 is 1.33. The normalized spacial score (nSPS) is 13.8. The lowest BCUT2D eigenvalue weighted by atomic mass is 9.95. The summed E-state index contributed by atoms with van der Waals surface area (Å²) in [5.41, 5.74) is -1.25. The molecular weight excluding hydrogens is 392 g/mol. The minimum Gasteiger partial charge on any atom is -0.355 e. The number of hydrogen-bond donors (Lipinski definition) is 4. The van der Waals surface area contributed by atoms with Crippen LogP contribution in [0.1, 0.15) is 55.4 Å². The lowest BCUT2D eigenvalue weighted by Crippen LogP contribution is -2.52. The summed E-state index contributed by atoms with van der Waals surface area (Å²) in [6.07, 6.45) is 0. The van der Waals surface area contributed by atoms with Crippen molar-refractivity contribution in [3.63, 3.8) is 0 Å². The second kappa shape index (κ2) is 12.0. The third-order valence-corrected chi connectivity index (χ3v) is 5.02. The monoisotopic (exact) mass is 430 g/mol. The van der Waals surface area contributed by atoms with Crippen molar-refractivity contribution in [2.45, 2.75) is 67.5 Å². The lowest BCUT2D eigenvalue weighted by Gasteiger charge is -2.25. The van der Waals surface area contributed by atoms with Gasteiger partial charge >= 0.3 is 0 Å². The standard InChI is InChI=1S/C20H38N4O4S/c1-9-21-15(25)13(23-17(27)19(3,4)5)11-29-12-14(16(26)22-10-2)24-18(28)20(6,7)8/h13-14H,9-12H2,1-8H3,(H,21,25)(H,22,26)(H,23,27)(H,24,28). The molecule has 0 aliphatic heterocycles. The maximum Gasteiger partial charge on any atom is 0.243 e. The van der Waals surface area contributed by atoms with Crippen LogP contribution < -0.4 is 21.3 Å². The molecule has 0 aromatic carbocycles. The van der Waals surface area contributed by atoms with E-state index in [0.29, 0.717) is 13.1 Å².